The van der Waals surface area contributed by atoms with Crippen molar-refractivity contribution < 1.29 is 26.4 Å². The average Bonchev–Trinajstić information content (AvgIpc) is 2.78. The van der Waals surface area contributed by atoms with Gasteiger partial charge in [-0.1, -0.05) is 54.1 Å². The Kier molecular flexibility index (Phi) is 7.78. The van der Waals surface area contributed by atoms with Gasteiger partial charge in [0.25, 0.3) is 0 Å². The first-order valence-corrected chi connectivity index (χ1v) is 11.7. The Morgan fingerprint density at radius 1 is 0.909 bits per heavy atom. The predicted molar refractivity (Wildman–Crippen MR) is 120 cm³/mol. The molecule has 0 aliphatic carbocycles. The molecule has 33 heavy (non-hydrogen) atoms. The van der Waals surface area contributed by atoms with Gasteiger partial charge in [0.2, 0.25) is 15.9 Å². The Labute approximate surface area is 194 Å². The molecule has 174 valence electrons. The summed E-state index contributed by atoms with van der Waals surface area (Å²) in [5.41, 5.74) is 0.481. The van der Waals surface area contributed by atoms with Crippen molar-refractivity contribution in [1.29, 1.82) is 0 Å². The fourth-order valence-electron chi connectivity index (χ4n) is 2.96. The number of carbonyl (C=O) groups is 1. The van der Waals surface area contributed by atoms with E-state index in [1.165, 1.54) is 12.1 Å². The molecule has 3 aromatic carbocycles. The smallest absolute Gasteiger partial charge is 0.325 e. The number of amides is 1. The minimum Gasteiger partial charge on any atom is -0.325 e. The first kappa shape index (κ1) is 24.8. The molecule has 0 saturated carbocycles. The number of hydrogen-bond acceptors (Lipinski definition) is 3. The van der Waals surface area contributed by atoms with Crippen molar-refractivity contribution in [1.82, 2.24) is 4.72 Å². The summed E-state index contributed by atoms with van der Waals surface area (Å²) in [7, 11) is -3.70. The van der Waals surface area contributed by atoms with Crippen molar-refractivity contribution >= 4 is 33.2 Å². The number of hydrogen-bond donors (Lipinski definition) is 2. The molecule has 1 amide bonds. The van der Waals surface area contributed by atoms with E-state index < -0.39 is 27.7 Å². The number of anilines is 1. The molecule has 0 atom stereocenters. The summed E-state index contributed by atoms with van der Waals surface area (Å²) in [4.78, 5) is 12.3. The van der Waals surface area contributed by atoms with Crippen LogP contribution in [0.25, 0.3) is 0 Å². The molecular weight excluding hydrogens is 477 g/mol. The van der Waals surface area contributed by atoms with Gasteiger partial charge in [-0.25, -0.2) is 13.1 Å². The summed E-state index contributed by atoms with van der Waals surface area (Å²) >= 11 is 5.89. The molecule has 0 spiro atoms. The van der Waals surface area contributed by atoms with Gasteiger partial charge in [0.15, 0.2) is 0 Å². The lowest BCUT2D eigenvalue weighted by molar-refractivity contribution is -0.137. The van der Waals surface area contributed by atoms with E-state index in [1.807, 2.05) is 30.3 Å². The molecule has 0 aromatic heterocycles. The second-order valence-corrected chi connectivity index (χ2v) is 9.37. The van der Waals surface area contributed by atoms with E-state index in [0.29, 0.717) is 5.56 Å². The van der Waals surface area contributed by atoms with Gasteiger partial charge in [-0.05, 0) is 47.9 Å². The fraction of sp³-hybridized carbons (Fsp3) is 0.174. The summed E-state index contributed by atoms with van der Waals surface area (Å²) < 4.78 is 66.0. The van der Waals surface area contributed by atoms with E-state index >= 15 is 0 Å². The normalized spacial score (nSPS) is 11.9. The molecule has 5 nitrogen and oxygen atoms in total. The molecular formula is C23H20ClF3N2O3S. The molecule has 0 aliphatic heterocycles. The average molecular weight is 497 g/mol. The van der Waals surface area contributed by atoms with Crippen molar-refractivity contribution in [3.63, 3.8) is 0 Å². The Morgan fingerprint density at radius 3 is 2.21 bits per heavy atom. The van der Waals surface area contributed by atoms with Crippen molar-refractivity contribution in [2.75, 3.05) is 5.32 Å². The van der Waals surface area contributed by atoms with Gasteiger partial charge in [-0.15, -0.1) is 0 Å². The number of benzene rings is 3. The highest BCUT2D eigenvalue weighted by molar-refractivity contribution is 7.89. The lowest BCUT2D eigenvalue weighted by Crippen LogP contribution is -2.23. The van der Waals surface area contributed by atoms with Crippen LogP contribution in [0.15, 0.2) is 77.7 Å². The summed E-state index contributed by atoms with van der Waals surface area (Å²) in [5, 5.41) is 2.38. The zero-order valence-electron chi connectivity index (χ0n) is 17.2. The van der Waals surface area contributed by atoms with Crippen molar-refractivity contribution in [2.45, 2.75) is 30.5 Å². The lowest BCUT2D eigenvalue weighted by Gasteiger charge is -2.12. The van der Waals surface area contributed by atoms with E-state index in [0.717, 1.165) is 23.8 Å². The van der Waals surface area contributed by atoms with Crippen LogP contribution in [-0.2, 0) is 34.0 Å². The molecule has 0 unspecified atom stereocenters. The van der Waals surface area contributed by atoms with Crippen LogP contribution in [0.4, 0.5) is 18.9 Å². The Hall–Kier alpha value is -2.88. The SMILES string of the molecule is O=C(CCc1ccc(S(=O)(=O)NCc2ccccc2)cc1)Nc1cc(C(F)(F)F)ccc1Cl. The first-order chi connectivity index (χ1) is 15.5. The largest absolute Gasteiger partial charge is 0.416 e. The molecule has 0 radical (unpaired) electrons. The number of rotatable bonds is 8. The Morgan fingerprint density at radius 2 is 1.58 bits per heavy atom. The van der Waals surface area contributed by atoms with Crippen LogP contribution in [0.5, 0.6) is 0 Å². The lowest BCUT2D eigenvalue weighted by atomic mass is 10.1. The minimum atomic E-state index is -4.55. The second kappa shape index (κ2) is 10.4. The molecule has 0 heterocycles. The summed E-state index contributed by atoms with van der Waals surface area (Å²) in [6, 6.07) is 17.8. The van der Waals surface area contributed by atoms with E-state index in [9.17, 15) is 26.4 Å². The fourth-order valence-corrected chi connectivity index (χ4v) is 4.14. The molecule has 0 fully saturated rings. The standard InChI is InChI=1S/C23H20ClF3N2O3S/c24-20-12-9-18(23(25,26)27)14-21(20)29-22(30)13-8-16-6-10-19(11-7-16)33(31,32)28-15-17-4-2-1-3-5-17/h1-7,9-12,14,28H,8,13,15H2,(H,29,30). The predicted octanol–water partition coefficient (Wildman–Crippen LogP) is 5.41. The van der Waals surface area contributed by atoms with Crippen LogP contribution in [0.1, 0.15) is 23.1 Å². The zero-order valence-corrected chi connectivity index (χ0v) is 18.8. The molecule has 0 bridgehead atoms. The molecule has 10 heteroatoms. The summed E-state index contributed by atoms with van der Waals surface area (Å²) in [5.74, 6) is -0.516. The van der Waals surface area contributed by atoms with Crippen molar-refractivity contribution in [3.05, 3.63) is 94.5 Å². The number of sulfonamides is 1. The van der Waals surface area contributed by atoms with Gasteiger partial charge in [-0.2, -0.15) is 13.2 Å². The maximum absolute atomic E-state index is 12.9. The van der Waals surface area contributed by atoms with E-state index in [2.05, 4.69) is 10.0 Å². The van der Waals surface area contributed by atoms with Gasteiger partial charge in [-0.3, -0.25) is 4.79 Å². The highest BCUT2D eigenvalue weighted by Crippen LogP contribution is 2.33. The van der Waals surface area contributed by atoms with Crippen LogP contribution < -0.4 is 10.0 Å². The number of carbonyl (C=O) groups excluding carboxylic acids is 1. The summed E-state index contributed by atoms with van der Waals surface area (Å²) in [6.45, 7) is 0.156. The van der Waals surface area contributed by atoms with Gasteiger partial charge in [0.1, 0.15) is 0 Å². The van der Waals surface area contributed by atoms with Crippen LogP contribution in [0.3, 0.4) is 0 Å². The maximum atomic E-state index is 12.9. The van der Waals surface area contributed by atoms with E-state index in [1.54, 1.807) is 12.1 Å². The maximum Gasteiger partial charge on any atom is 0.416 e. The molecule has 0 saturated heterocycles. The Bertz CT molecular complexity index is 1220. The second-order valence-electron chi connectivity index (χ2n) is 7.19. The monoisotopic (exact) mass is 496 g/mol. The third-order valence-electron chi connectivity index (χ3n) is 4.75. The summed E-state index contributed by atoms with van der Waals surface area (Å²) in [6.07, 6.45) is -4.31. The van der Waals surface area contributed by atoms with Gasteiger partial charge < -0.3 is 5.32 Å². The third-order valence-corrected chi connectivity index (χ3v) is 6.50. The van der Waals surface area contributed by atoms with Crippen molar-refractivity contribution in [2.24, 2.45) is 0 Å². The topological polar surface area (TPSA) is 75.3 Å². The van der Waals surface area contributed by atoms with Gasteiger partial charge >= 0.3 is 6.18 Å². The number of halogens is 4. The third kappa shape index (κ3) is 7.05. The van der Waals surface area contributed by atoms with Crippen LogP contribution in [0.2, 0.25) is 5.02 Å². The Balaban J connectivity index is 1.56. The number of aryl methyl sites for hydroxylation is 1. The van der Waals surface area contributed by atoms with Gasteiger partial charge in [0, 0.05) is 13.0 Å². The van der Waals surface area contributed by atoms with Crippen LogP contribution >= 0.6 is 11.6 Å². The molecule has 2 N–H and O–H groups in total. The number of alkyl halides is 3. The molecule has 0 aliphatic rings. The molecule has 3 aromatic rings. The van der Waals surface area contributed by atoms with Crippen molar-refractivity contribution in [3.8, 4) is 0 Å². The highest BCUT2D eigenvalue weighted by Gasteiger charge is 2.31. The first-order valence-electron chi connectivity index (χ1n) is 9.84. The van der Waals surface area contributed by atoms with Crippen LogP contribution in [-0.4, -0.2) is 14.3 Å². The quantitative estimate of drug-likeness (QED) is 0.438. The minimum absolute atomic E-state index is 0.00564. The number of nitrogens with one attached hydrogen (secondary N) is 2. The highest BCUT2D eigenvalue weighted by atomic mass is 35.5. The zero-order chi connectivity index (χ0) is 24.1. The van der Waals surface area contributed by atoms with Crippen LogP contribution in [0, 0.1) is 0 Å². The van der Waals surface area contributed by atoms with Gasteiger partial charge in [0.05, 0.1) is 21.2 Å². The van der Waals surface area contributed by atoms with E-state index in [-0.39, 0.29) is 35.0 Å². The van der Waals surface area contributed by atoms with E-state index in [4.69, 9.17) is 11.6 Å². The molecule has 3 rings (SSSR count).